The summed E-state index contributed by atoms with van der Waals surface area (Å²) in [7, 11) is 0. The Bertz CT molecular complexity index is 770. The van der Waals surface area contributed by atoms with Gasteiger partial charge in [0.25, 0.3) is 0 Å². The van der Waals surface area contributed by atoms with E-state index in [0.717, 1.165) is 35.9 Å². The molecule has 0 amide bonds. The number of aromatic nitrogens is 4. The van der Waals surface area contributed by atoms with Crippen molar-refractivity contribution in [3.05, 3.63) is 54.1 Å². The fourth-order valence-electron chi connectivity index (χ4n) is 2.86. The van der Waals surface area contributed by atoms with Gasteiger partial charge in [-0.15, -0.1) is 0 Å². The summed E-state index contributed by atoms with van der Waals surface area (Å²) < 4.78 is 7.44. The number of nitrogens with one attached hydrogen (secondary N) is 1. The molecule has 1 aromatic carbocycles. The minimum Gasteiger partial charge on any atom is -0.381 e. The largest absolute Gasteiger partial charge is 0.381 e. The highest BCUT2D eigenvalue weighted by Crippen LogP contribution is 2.28. The molecule has 1 saturated heterocycles. The Hall–Kier alpha value is -2.40. The maximum Gasteiger partial charge on any atom is 0.165 e. The molecule has 1 N–H and O–H groups in total. The number of hydrogen-bond donors (Lipinski definition) is 1. The van der Waals surface area contributed by atoms with E-state index in [1.54, 1.807) is 0 Å². The van der Waals surface area contributed by atoms with Gasteiger partial charge in [0.15, 0.2) is 11.6 Å². The number of benzene rings is 1. The second-order valence-electron chi connectivity index (χ2n) is 5.65. The van der Waals surface area contributed by atoms with Crippen LogP contribution in [0.3, 0.4) is 0 Å². The lowest BCUT2D eigenvalue weighted by molar-refractivity contribution is 0.193. The second kappa shape index (κ2) is 5.42. The summed E-state index contributed by atoms with van der Waals surface area (Å²) in [4.78, 5) is 7.90. The normalized spacial score (nSPS) is 18.0. The van der Waals surface area contributed by atoms with Gasteiger partial charge in [-0.3, -0.25) is 0 Å². The van der Waals surface area contributed by atoms with E-state index < -0.39 is 0 Å². The highest BCUT2D eigenvalue weighted by atomic mass is 16.5. The van der Waals surface area contributed by atoms with Gasteiger partial charge >= 0.3 is 0 Å². The molecule has 0 spiro atoms. The topological polar surface area (TPSA) is 55.7 Å². The Morgan fingerprint density at radius 2 is 2.18 bits per heavy atom. The van der Waals surface area contributed by atoms with Crippen LogP contribution in [0.5, 0.6) is 0 Å². The van der Waals surface area contributed by atoms with E-state index in [1.165, 1.54) is 5.56 Å². The molecule has 1 atom stereocenters. The molecule has 4 rings (SSSR count). The molecule has 0 aliphatic carbocycles. The Kier molecular flexibility index (Phi) is 3.27. The number of aryl methyl sites for hydroxylation is 1. The van der Waals surface area contributed by atoms with Gasteiger partial charge in [-0.05, 0) is 31.0 Å². The average Bonchev–Trinajstić information content (AvgIpc) is 3.27. The molecule has 0 saturated carbocycles. The third kappa shape index (κ3) is 2.23. The number of hydrogen-bond acceptors (Lipinski definition) is 3. The van der Waals surface area contributed by atoms with E-state index >= 15 is 0 Å². The first kappa shape index (κ1) is 13.3. The van der Waals surface area contributed by atoms with E-state index in [1.807, 2.05) is 35.3 Å². The minimum atomic E-state index is 0.294. The van der Waals surface area contributed by atoms with Gasteiger partial charge in [0, 0.05) is 30.5 Å². The Morgan fingerprint density at radius 3 is 2.91 bits per heavy atom. The van der Waals surface area contributed by atoms with Gasteiger partial charge < -0.3 is 9.72 Å². The van der Waals surface area contributed by atoms with Crippen LogP contribution in [0.25, 0.3) is 17.1 Å². The summed E-state index contributed by atoms with van der Waals surface area (Å²) in [6.07, 6.45) is 4.85. The van der Waals surface area contributed by atoms with Gasteiger partial charge in [-0.25, -0.2) is 9.67 Å². The molecule has 112 valence electrons. The summed E-state index contributed by atoms with van der Waals surface area (Å²) in [6.45, 7) is 3.60. The van der Waals surface area contributed by atoms with Crippen molar-refractivity contribution in [3.8, 4) is 17.1 Å². The third-order valence-electron chi connectivity index (χ3n) is 4.12. The molecule has 0 bridgehead atoms. The lowest BCUT2D eigenvalue weighted by atomic mass is 10.1. The quantitative estimate of drug-likeness (QED) is 0.807. The first-order chi connectivity index (χ1) is 10.8. The fourth-order valence-corrected chi connectivity index (χ4v) is 2.86. The average molecular weight is 294 g/mol. The maximum atomic E-state index is 5.49. The van der Waals surface area contributed by atoms with Crippen LogP contribution in [-0.2, 0) is 4.74 Å². The van der Waals surface area contributed by atoms with E-state index in [0.29, 0.717) is 12.5 Å². The van der Waals surface area contributed by atoms with Crippen LogP contribution in [0.4, 0.5) is 0 Å². The monoisotopic (exact) mass is 294 g/mol. The predicted octanol–water partition coefficient (Wildman–Crippen LogP) is 3.07. The van der Waals surface area contributed by atoms with Crippen molar-refractivity contribution in [3.63, 3.8) is 0 Å². The lowest BCUT2D eigenvalue weighted by Crippen LogP contribution is -2.03. The molecular weight excluding hydrogens is 276 g/mol. The first-order valence-corrected chi connectivity index (χ1v) is 7.57. The van der Waals surface area contributed by atoms with Crippen molar-refractivity contribution >= 4 is 0 Å². The standard InChI is InChI=1S/C17H18N4O/c1-12-4-2-3-5-15(12)21-17(13-6-8-18-10-13)19-16(20-21)14-7-9-22-11-14/h2-6,8,10,14,18H,7,9,11H2,1H3. The van der Waals surface area contributed by atoms with Crippen molar-refractivity contribution in [2.75, 3.05) is 13.2 Å². The summed E-state index contributed by atoms with van der Waals surface area (Å²) >= 11 is 0. The zero-order chi connectivity index (χ0) is 14.9. The van der Waals surface area contributed by atoms with Crippen LogP contribution >= 0.6 is 0 Å². The summed E-state index contributed by atoms with van der Waals surface area (Å²) in [5, 5.41) is 4.79. The van der Waals surface area contributed by atoms with Crippen molar-refractivity contribution < 1.29 is 4.74 Å². The van der Waals surface area contributed by atoms with Gasteiger partial charge in [0.1, 0.15) is 0 Å². The van der Waals surface area contributed by atoms with Crippen LogP contribution in [0, 0.1) is 6.92 Å². The molecule has 1 fully saturated rings. The smallest absolute Gasteiger partial charge is 0.165 e. The lowest BCUT2D eigenvalue weighted by Gasteiger charge is -2.07. The minimum absolute atomic E-state index is 0.294. The molecule has 2 aromatic heterocycles. The van der Waals surface area contributed by atoms with Gasteiger partial charge in [0.2, 0.25) is 0 Å². The van der Waals surface area contributed by atoms with Gasteiger partial charge in [-0.1, -0.05) is 18.2 Å². The molecule has 22 heavy (non-hydrogen) atoms. The van der Waals surface area contributed by atoms with Crippen molar-refractivity contribution in [2.45, 2.75) is 19.3 Å². The van der Waals surface area contributed by atoms with Crippen LogP contribution in [0.1, 0.15) is 23.7 Å². The van der Waals surface area contributed by atoms with E-state index in [2.05, 4.69) is 24.0 Å². The summed E-state index contributed by atoms with van der Waals surface area (Å²) in [5.41, 5.74) is 3.29. The van der Waals surface area contributed by atoms with Crippen molar-refractivity contribution in [1.29, 1.82) is 0 Å². The van der Waals surface area contributed by atoms with E-state index in [9.17, 15) is 0 Å². The number of para-hydroxylation sites is 1. The molecule has 1 aliphatic rings. The van der Waals surface area contributed by atoms with Crippen LogP contribution < -0.4 is 0 Å². The molecule has 1 unspecified atom stereocenters. The number of nitrogens with zero attached hydrogens (tertiary/aromatic N) is 3. The highest BCUT2D eigenvalue weighted by Gasteiger charge is 2.25. The molecule has 3 heterocycles. The molecule has 1 aliphatic heterocycles. The van der Waals surface area contributed by atoms with Crippen LogP contribution in [-0.4, -0.2) is 33.0 Å². The Morgan fingerprint density at radius 1 is 1.27 bits per heavy atom. The Balaban J connectivity index is 1.86. The SMILES string of the molecule is Cc1ccccc1-n1nc(C2CCOC2)nc1-c1cc[nH]c1. The fraction of sp³-hybridized carbons (Fsp3) is 0.294. The summed E-state index contributed by atoms with van der Waals surface area (Å²) in [5.74, 6) is 2.04. The molecule has 5 heteroatoms. The number of aromatic amines is 1. The number of H-pyrrole nitrogens is 1. The second-order valence-corrected chi connectivity index (χ2v) is 5.65. The van der Waals surface area contributed by atoms with Crippen molar-refractivity contribution in [2.24, 2.45) is 0 Å². The maximum absolute atomic E-state index is 5.49. The number of rotatable bonds is 3. The Labute approximate surface area is 129 Å². The molecule has 5 nitrogen and oxygen atoms in total. The third-order valence-corrected chi connectivity index (χ3v) is 4.12. The molecule has 3 aromatic rings. The van der Waals surface area contributed by atoms with Gasteiger partial charge in [0.05, 0.1) is 12.3 Å². The van der Waals surface area contributed by atoms with E-state index in [-0.39, 0.29) is 0 Å². The molecule has 0 radical (unpaired) electrons. The van der Waals surface area contributed by atoms with E-state index in [4.69, 9.17) is 14.8 Å². The first-order valence-electron chi connectivity index (χ1n) is 7.57. The van der Waals surface area contributed by atoms with Crippen LogP contribution in [0.15, 0.2) is 42.7 Å². The zero-order valence-electron chi connectivity index (χ0n) is 12.5. The number of ether oxygens (including phenoxy) is 1. The predicted molar refractivity (Wildman–Crippen MR) is 84.1 cm³/mol. The van der Waals surface area contributed by atoms with Gasteiger partial charge in [-0.2, -0.15) is 5.10 Å². The van der Waals surface area contributed by atoms with Crippen LogP contribution in [0.2, 0.25) is 0 Å². The summed E-state index contributed by atoms with van der Waals surface area (Å²) in [6, 6.07) is 10.3. The zero-order valence-corrected chi connectivity index (χ0v) is 12.5. The highest BCUT2D eigenvalue weighted by molar-refractivity contribution is 5.58. The molecular formula is C17H18N4O. The van der Waals surface area contributed by atoms with Crippen molar-refractivity contribution in [1.82, 2.24) is 19.7 Å².